The van der Waals surface area contributed by atoms with Crippen molar-refractivity contribution >= 4 is 21.8 Å². The van der Waals surface area contributed by atoms with Crippen LogP contribution in [0.2, 0.25) is 0 Å². The summed E-state index contributed by atoms with van der Waals surface area (Å²) in [4.78, 5) is 13.2. The predicted molar refractivity (Wildman–Crippen MR) is 81.0 cm³/mol. The molecule has 19 heavy (non-hydrogen) atoms. The van der Waals surface area contributed by atoms with Gasteiger partial charge >= 0.3 is 0 Å². The monoisotopic (exact) mass is 324 g/mol. The van der Waals surface area contributed by atoms with E-state index in [-0.39, 0.29) is 5.91 Å². The molecule has 1 N–H and O–H groups in total. The van der Waals surface area contributed by atoms with Crippen LogP contribution in [0.1, 0.15) is 38.3 Å². The number of nitrogens with one attached hydrogen (secondary N) is 1. The summed E-state index contributed by atoms with van der Waals surface area (Å²) in [7, 11) is 0. The number of halogens is 1. The van der Waals surface area contributed by atoms with E-state index in [1.165, 1.54) is 5.56 Å². The Morgan fingerprint density at radius 2 is 1.89 bits per heavy atom. The first kappa shape index (κ1) is 14.5. The van der Waals surface area contributed by atoms with Gasteiger partial charge in [0.05, 0.1) is 0 Å². The fourth-order valence-electron chi connectivity index (χ4n) is 2.56. The van der Waals surface area contributed by atoms with E-state index >= 15 is 0 Å². The minimum atomic E-state index is 0.194. The molecule has 4 heteroatoms. The van der Waals surface area contributed by atoms with E-state index in [9.17, 15) is 4.79 Å². The Hall–Kier alpha value is -0.870. The van der Waals surface area contributed by atoms with Crippen LogP contribution >= 0.6 is 15.9 Å². The molecule has 0 bridgehead atoms. The lowest BCUT2D eigenvalue weighted by molar-refractivity contribution is -0.129. The number of amides is 1. The average molecular weight is 325 g/mol. The van der Waals surface area contributed by atoms with Crippen LogP contribution in [0, 0.1) is 0 Å². The van der Waals surface area contributed by atoms with Gasteiger partial charge in [-0.1, -0.05) is 28.1 Å². The molecule has 1 aromatic carbocycles. The first-order valence-electron chi connectivity index (χ1n) is 6.83. The summed E-state index contributed by atoms with van der Waals surface area (Å²) in [6.07, 6.45) is 2.08. The molecule has 0 aromatic heterocycles. The zero-order valence-electron chi connectivity index (χ0n) is 11.5. The van der Waals surface area contributed by atoms with Crippen LogP contribution in [0.3, 0.4) is 0 Å². The highest BCUT2D eigenvalue weighted by Gasteiger charge is 2.21. The number of nitrogens with zero attached hydrogens (tertiary/aromatic N) is 1. The normalized spacial score (nSPS) is 18.4. The quantitative estimate of drug-likeness (QED) is 0.926. The number of rotatable bonds is 3. The Morgan fingerprint density at radius 1 is 1.32 bits per heavy atom. The smallest absolute Gasteiger partial charge is 0.219 e. The summed E-state index contributed by atoms with van der Waals surface area (Å²) in [6.45, 7) is 5.60. The van der Waals surface area contributed by atoms with Crippen molar-refractivity contribution in [3.05, 3.63) is 34.3 Å². The number of benzene rings is 1. The van der Waals surface area contributed by atoms with Gasteiger partial charge in [-0.15, -0.1) is 0 Å². The molecule has 1 amide bonds. The molecule has 1 heterocycles. The molecule has 1 aliphatic heterocycles. The molecule has 0 unspecified atom stereocenters. The van der Waals surface area contributed by atoms with Gasteiger partial charge in [-0.25, -0.2) is 0 Å². The van der Waals surface area contributed by atoms with Crippen molar-refractivity contribution in [3.8, 4) is 0 Å². The molecule has 0 saturated carbocycles. The van der Waals surface area contributed by atoms with E-state index in [1.54, 1.807) is 6.92 Å². The maximum Gasteiger partial charge on any atom is 0.219 e. The van der Waals surface area contributed by atoms with Crippen LogP contribution in [-0.2, 0) is 4.79 Å². The molecule has 1 saturated heterocycles. The lowest BCUT2D eigenvalue weighted by atomic mass is 10.0. The first-order valence-corrected chi connectivity index (χ1v) is 7.62. The first-order chi connectivity index (χ1) is 9.06. The van der Waals surface area contributed by atoms with Gasteiger partial charge in [0.2, 0.25) is 5.91 Å². The summed E-state index contributed by atoms with van der Waals surface area (Å²) in [5.41, 5.74) is 1.30. The van der Waals surface area contributed by atoms with Crippen LogP contribution < -0.4 is 5.32 Å². The van der Waals surface area contributed by atoms with Crippen molar-refractivity contribution in [3.63, 3.8) is 0 Å². The molecular weight excluding hydrogens is 304 g/mol. The van der Waals surface area contributed by atoms with Crippen molar-refractivity contribution in [1.29, 1.82) is 0 Å². The molecule has 1 aromatic rings. The number of hydrogen-bond acceptors (Lipinski definition) is 2. The Kier molecular flexibility index (Phi) is 4.99. The number of carbonyl (C=O) groups excluding carboxylic acids is 1. The van der Waals surface area contributed by atoms with E-state index in [0.29, 0.717) is 12.1 Å². The van der Waals surface area contributed by atoms with Gasteiger partial charge in [-0.05, 0) is 37.5 Å². The fourth-order valence-corrected chi connectivity index (χ4v) is 2.83. The van der Waals surface area contributed by atoms with Gasteiger partial charge in [-0.3, -0.25) is 4.79 Å². The number of piperidine rings is 1. The largest absolute Gasteiger partial charge is 0.343 e. The molecule has 3 nitrogen and oxygen atoms in total. The maximum absolute atomic E-state index is 11.3. The van der Waals surface area contributed by atoms with Gasteiger partial charge in [0, 0.05) is 36.6 Å². The molecule has 0 spiro atoms. The van der Waals surface area contributed by atoms with E-state index in [4.69, 9.17) is 0 Å². The lowest BCUT2D eigenvalue weighted by Gasteiger charge is -2.33. The SMILES string of the molecule is CC(=O)N1CCC(N[C@@H](C)c2ccc(Br)cc2)CC1. The average Bonchev–Trinajstić information content (AvgIpc) is 2.40. The number of hydrogen-bond donors (Lipinski definition) is 1. The topological polar surface area (TPSA) is 32.3 Å². The maximum atomic E-state index is 11.3. The highest BCUT2D eigenvalue weighted by atomic mass is 79.9. The Balaban J connectivity index is 1.85. The molecule has 0 aliphatic carbocycles. The molecule has 1 atom stereocenters. The highest BCUT2D eigenvalue weighted by Crippen LogP contribution is 2.19. The van der Waals surface area contributed by atoms with Crippen molar-refractivity contribution < 1.29 is 4.79 Å². The second-order valence-electron chi connectivity index (χ2n) is 5.22. The van der Waals surface area contributed by atoms with Crippen LogP contribution in [0.4, 0.5) is 0 Å². The van der Waals surface area contributed by atoms with E-state index in [0.717, 1.165) is 30.4 Å². The van der Waals surface area contributed by atoms with E-state index in [2.05, 4.69) is 52.4 Å². The second kappa shape index (κ2) is 6.53. The van der Waals surface area contributed by atoms with E-state index < -0.39 is 0 Å². The van der Waals surface area contributed by atoms with Crippen LogP contribution in [0.25, 0.3) is 0 Å². The lowest BCUT2D eigenvalue weighted by Crippen LogP contribution is -2.44. The molecule has 104 valence electrons. The Labute approximate surface area is 123 Å². The van der Waals surface area contributed by atoms with Crippen molar-refractivity contribution in [2.75, 3.05) is 13.1 Å². The molecule has 2 rings (SSSR count). The van der Waals surface area contributed by atoms with Gasteiger partial charge in [0.25, 0.3) is 0 Å². The molecule has 1 aliphatic rings. The van der Waals surface area contributed by atoms with Crippen molar-refractivity contribution in [2.45, 2.75) is 38.8 Å². The predicted octanol–water partition coefficient (Wildman–Crippen LogP) is 3.11. The minimum Gasteiger partial charge on any atom is -0.343 e. The summed E-state index contributed by atoms with van der Waals surface area (Å²) in [5, 5.41) is 3.66. The highest BCUT2D eigenvalue weighted by molar-refractivity contribution is 9.10. The zero-order valence-corrected chi connectivity index (χ0v) is 13.1. The third kappa shape index (κ3) is 4.05. The second-order valence-corrected chi connectivity index (χ2v) is 6.14. The van der Waals surface area contributed by atoms with Crippen molar-refractivity contribution in [1.82, 2.24) is 10.2 Å². The van der Waals surface area contributed by atoms with Crippen LogP contribution in [-0.4, -0.2) is 29.9 Å². The molecule has 0 radical (unpaired) electrons. The van der Waals surface area contributed by atoms with Crippen molar-refractivity contribution in [2.24, 2.45) is 0 Å². The van der Waals surface area contributed by atoms with Gasteiger partial charge in [0.15, 0.2) is 0 Å². The van der Waals surface area contributed by atoms with Crippen LogP contribution in [0.15, 0.2) is 28.7 Å². The van der Waals surface area contributed by atoms with Crippen LogP contribution in [0.5, 0.6) is 0 Å². The molecule has 1 fully saturated rings. The minimum absolute atomic E-state index is 0.194. The summed E-state index contributed by atoms with van der Waals surface area (Å²) in [6, 6.07) is 9.30. The summed E-state index contributed by atoms with van der Waals surface area (Å²) >= 11 is 3.46. The third-order valence-electron chi connectivity index (χ3n) is 3.80. The zero-order chi connectivity index (χ0) is 13.8. The van der Waals surface area contributed by atoms with E-state index in [1.807, 2.05) is 4.90 Å². The Bertz CT molecular complexity index is 424. The third-order valence-corrected chi connectivity index (χ3v) is 4.32. The van der Waals surface area contributed by atoms with Gasteiger partial charge in [0.1, 0.15) is 0 Å². The fraction of sp³-hybridized carbons (Fsp3) is 0.533. The number of carbonyl (C=O) groups is 1. The number of likely N-dealkylation sites (tertiary alicyclic amines) is 1. The van der Waals surface area contributed by atoms with Gasteiger partial charge in [-0.2, -0.15) is 0 Å². The summed E-state index contributed by atoms with van der Waals surface area (Å²) in [5.74, 6) is 0.194. The standard InChI is InChI=1S/C15H21BrN2O/c1-11(13-3-5-14(16)6-4-13)17-15-7-9-18(10-8-15)12(2)19/h3-6,11,15,17H,7-10H2,1-2H3/t11-/m0/s1. The Morgan fingerprint density at radius 3 is 2.42 bits per heavy atom. The molecular formula is C15H21BrN2O. The van der Waals surface area contributed by atoms with Gasteiger partial charge < -0.3 is 10.2 Å². The summed E-state index contributed by atoms with van der Waals surface area (Å²) < 4.78 is 1.11.